The lowest BCUT2D eigenvalue weighted by molar-refractivity contribution is -0.143. The zero-order valence-electron chi connectivity index (χ0n) is 15.8. The number of piperazine rings is 1. The summed E-state index contributed by atoms with van der Waals surface area (Å²) in [6.45, 7) is 3.05. The summed E-state index contributed by atoms with van der Waals surface area (Å²) in [4.78, 5) is 16.3. The first-order valence-electron chi connectivity index (χ1n) is 9.10. The number of anilines is 1. The van der Waals surface area contributed by atoms with Crippen LogP contribution in [-0.4, -0.2) is 62.4 Å². The summed E-state index contributed by atoms with van der Waals surface area (Å²) in [5, 5.41) is 9.81. The smallest absolute Gasteiger partial charge is 0.321 e. The second kappa shape index (κ2) is 8.77. The van der Waals surface area contributed by atoms with Gasteiger partial charge in [0.1, 0.15) is 17.5 Å². The Morgan fingerprint density at radius 3 is 2.33 bits per heavy atom. The maximum Gasteiger partial charge on any atom is 0.321 e. The van der Waals surface area contributed by atoms with E-state index in [0.717, 1.165) is 18.7 Å². The fourth-order valence-corrected chi connectivity index (χ4v) is 3.53. The molecule has 6 nitrogen and oxygen atoms in total. The van der Waals surface area contributed by atoms with Crippen molar-refractivity contribution in [2.24, 2.45) is 0 Å². The molecule has 0 aromatic heterocycles. The van der Waals surface area contributed by atoms with Crippen molar-refractivity contribution in [3.8, 4) is 11.5 Å². The van der Waals surface area contributed by atoms with Gasteiger partial charge in [-0.1, -0.05) is 24.3 Å². The van der Waals surface area contributed by atoms with Crippen LogP contribution in [0, 0.1) is 0 Å². The summed E-state index contributed by atoms with van der Waals surface area (Å²) in [6.07, 6.45) is 0.397. The van der Waals surface area contributed by atoms with Crippen LogP contribution in [0.5, 0.6) is 11.5 Å². The Morgan fingerprint density at radius 1 is 1.04 bits per heavy atom. The average molecular weight is 370 g/mol. The van der Waals surface area contributed by atoms with Gasteiger partial charge in [0, 0.05) is 44.4 Å². The Labute approximate surface area is 159 Å². The van der Waals surface area contributed by atoms with E-state index in [1.54, 1.807) is 20.3 Å². The number of nitrogens with zero attached hydrogens (tertiary/aromatic N) is 2. The van der Waals surface area contributed by atoms with Crippen LogP contribution in [0.3, 0.4) is 0 Å². The molecule has 1 fully saturated rings. The highest BCUT2D eigenvalue weighted by molar-refractivity contribution is 5.74. The molecule has 1 heterocycles. The molecule has 1 unspecified atom stereocenters. The highest BCUT2D eigenvalue weighted by atomic mass is 16.5. The fraction of sp³-hybridized carbons (Fsp3) is 0.381. The molecule has 1 atom stereocenters. The van der Waals surface area contributed by atoms with Gasteiger partial charge in [-0.15, -0.1) is 0 Å². The summed E-state index contributed by atoms with van der Waals surface area (Å²) in [5.74, 6) is 0.545. The van der Waals surface area contributed by atoms with E-state index in [0.29, 0.717) is 31.0 Å². The zero-order valence-corrected chi connectivity index (χ0v) is 15.8. The van der Waals surface area contributed by atoms with Gasteiger partial charge in [-0.05, 0) is 23.8 Å². The molecule has 2 aromatic rings. The van der Waals surface area contributed by atoms with Gasteiger partial charge >= 0.3 is 5.97 Å². The third kappa shape index (κ3) is 4.52. The van der Waals surface area contributed by atoms with Crippen LogP contribution in [0.15, 0.2) is 48.5 Å². The lowest BCUT2D eigenvalue weighted by Crippen LogP contribution is -2.53. The van der Waals surface area contributed by atoms with Gasteiger partial charge in [-0.2, -0.15) is 0 Å². The minimum absolute atomic E-state index is 0.397. The molecule has 0 radical (unpaired) electrons. The molecule has 0 spiro atoms. The van der Waals surface area contributed by atoms with Crippen LogP contribution in [0.2, 0.25) is 0 Å². The molecular weight excluding hydrogens is 344 g/mol. The Bertz CT molecular complexity index is 758. The fourth-order valence-electron chi connectivity index (χ4n) is 3.53. The number of methoxy groups -OCH3 is 2. The third-order valence-electron chi connectivity index (χ3n) is 5.07. The molecule has 0 aliphatic carbocycles. The predicted molar refractivity (Wildman–Crippen MR) is 105 cm³/mol. The molecule has 6 heteroatoms. The van der Waals surface area contributed by atoms with Gasteiger partial charge in [0.15, 0.2) is 0 Å². The quantitative estimate of drug-likeness (QED) is 0.808. The van der Waals surface area contributed by atoms with Crippen molar-refractivity contribution >= 4 is 11.7 Å². The highest BCUT2D eigenvalue weighted by Crippen LogP contribution is 2.27. The second-order valence-corrected chi connectivity index (χ2v) is 6.59. The lowest BCUT2D eigenvalue weighted by Gasteiger charge is -2.39. The molecule has 1 saturated heterocycles. The second-order valence-electron chi connectivity index (χ2n) is 6.59. The van der Waals surface area contributed by atoms with E-state index in [9.17, 15) is 9.90 Å². The van der Waals surface area contributed by atoms with Crippen molar-refractivity contribution in [2.45, 2.75) is 12.5 Å². The Morgan fingerprint density at radius 2 is 1.74 bits per heavy atom. The Balaban J connectivity index is 1.69. The topological polar surface area (TPSA) is 62.2 Å². The number of rotatable bonds is 7. The zero-order chi connectivity index (χ0) is 19.2. The number of carboxylic acid groups (broad SMARTS) is 1. The number of para-hydroxylation sites is 1. The van der Waals surface area contributed by atoms with Gasteiger partial charge in [0.25, 0.3) is 0 Å². The van der Waals surface area contributed by atoms with Crippen LogP contribution in [-0.2, 0) is 11.2 Å². The van der Waals surface area contributed by atoms with Gasteiger partial charge in [-0.3, -0.25) is 9.69 Å². The van der Waals surface area contributed by atoms with E-state index in [2.05, 4.69) is 17.0 Å². The highest BCUT2D eigenvalue weighted by Gasteiger charge is 2.30. The van der Waals surface area contributed by atoms with Crippen molar-refractivity contribution < 1.29 is 19.4 Å². The van der Waals surface area contributed by atoms with Crippen molar-refractivity contribution in [1.29, 1.82) is 0 Å². The molecular formula is C21H26N2O4. The number of aliphatic carboxylic acids is 1. The van der Waals surface area contributed by atoms with E-state index in [4.69, 9.17) is 9.47 Å². The maximum absolute atomic E-state index is 12.0. The first kappa shape index (κ1) is 19.0. The minimum atomic E-state index is -0.805. The van der Waals surface area contributed by atoms with E-state index in [1.165, 1.54) is 5.69 Å². The van der Waals surface area contributed by atoms with E-state index < -0.39 is 12.0 Å². The summed E-state index contributed by atoms with van der Waals surface area (Å²) in [6, 6.07) is 15.2. The normalized spacial score (nSPS) is 16.0. The van der Waals surface area contributed by atoms with Crippen molar-refractivity contribution in [3.63, 3.8) is 0 Å². The Kier molecular flexibility index (Phi) is 6.19. The molecule has 0 amide bonds. The summed E-state index contributed by atoms with van der Waals surface area (Å²) in [7, 11) is 3.19. The largest absolute Gasteiger partial charge is 0.497 e. The number of ether oxygens (including phenoxy) is 2. The van der Waals surface area contributed by atoms with Gasteiger partial charge in [-0.25, -0.2) is 0 Å². The van der Waals surface area contributed by atoms with Gasteiger partial charge in [0.2, 0.25) is 0 Å². The molecule has 3 rings (SSSR count). The lowest BCUT2D eigenvalue weighted by atomic mass is 10.0. The minimum Gasteiger partial charge on any atom is -0.497 e. The molecule has 27 heavy (non-hydrogen) atoms. The van der Waals surface area contributed by atoms with Crippen LogP contribution >= 0.6 is 0 Å². The molecule has 1 aliphatic heterocycles. The van der Waals surface area contributed by atoms with Gasteiger partial charge in [0.05, 0.1) is 14.2 Å². The Hall–Kier alpha value is -2.73. The monoisotopic (exact) mass is 370 g/mol. The van der Waals surface area contributed by atoms with Crippen molar-refractivity contribution in [2.75, 3.05) is 45.3 Å². The van der Waals surface area contributed by atoms with E-state index >= 15 is 0 Å². The van der Waals surface area contributed by atoms with Crippen LogP contribution in [0.4, 0.5) is 5.69 Å². The molecule has 1 aliphatic rings. The predicted octanol–water partition coefficient (Wildman–Crippen LogP) is 2.52. The number of carboxylic acids is 1. The van der Waals surface area contributed by atoms with Crippen LogP contribution < -0.4 is 14.4 Å². The molecule has 2 aromatic carbocycles. The van der Waals surface area contributed by atoms with Crippen LogP contribution in [0.1, 0.15) is 5.56 Å². The summed E-state index contributed by atoms with van der Waals surface area (Å²) >= 11 is 0. The molecule has 1 N–H and O–H groups in total. The van der Waals surface area contributed by atoms with Crippen LogP contribution in [0.25, 0.3) is 0 Å². The summed E-state index contributed by atoms with van der Waals surface area (Å²) < 4.78 is 10.7. The van der Waals surface area contributed by atoms with Gasteiger partial charge < -0.3 is 19.5 Å². The molecule has 0 bridgehead atoms. The number of hydrogen-bond donors (Lipinski definition) is 1. The van der Waals surface area contributed by atoms with E-state index in [-0.39, 0.29) is 0 Å². The van der Waals surface area contributed by atoms with E-state index in [1.807, 2.05) is 35.2 Å². The SMILES string of the molecule is COc1ccc(CC(C(=O)O)N2CCN(c3ccccc3)CC2)c(OC)c1. The number of hydrogen-bond acceptors (Lipinski definition) is 5. The van der Waals surface area contributed by atoms with Crippen molar-refractivity contribution in [3.05, 3.63) is 54.1 Å². The molecule has 0 saturated carbocycles. The summed E-state index contributed by atoms with van der Waals surface area (Å²) in [5.41, 5.74) is 2.05. The maximum atomic E-state index is 12.0. The average Bonchev–Trinajstić information content (AvgIpc) is 2.72. The first-order valence-corrected chi connectivity index (χ1v) is 9.10. The standard InChI is InChI=1S/C21H26N2O4/c1-26-18-9-8-16(20(15-18)27-2)14-19(21(24)25)23-12-10-22(11-13-23)17-6-4-3-5-7-17/h3-9,15,19H,10-14H2,1-2H3,(H,24,25). The third-order valence-corrected chi connectivity index (χ3v) is 5.07. The number of benzene rings is 2. The van der Waals surface area contributed by atoms with Crippen molar-refractivity contribution in [1.82, 2.24) is 4.90 Å². The first-order chi connectivity index (χ1) is 13.1. The number of carbonyl (C=O) groups is 1. The molecule has 144 valence electrons.